The number of nitrogens with two attached hydrogens (primary N) is 3. The van der Waals surface area contributed by atoms with E-state index >= 15 is 0 Å². The van der Waals surface area contributed by atoms with Gasteiger partial charge in [0.25, 0.3) is 0 Å². The maximum atomic E-state index is 13.4. The molecule has 3 rings (SSSR count). The molecule has 0 saturated heterocycles. The maximum Gasteiger partial charge on any atom is 0.492 e. The molecular formula is C27H36BF3N6O5S. The van der Waals surface area contributed by atoms with Crippen LogP contribution in [0.15, 0.2) is 47.4 Å². The quantitative estimate of drug-likeness (QED) is 0.122. The molecule has 0 saturated carbocycles. The number of alkyl halides is 3. The molecule has 0 spiro atoms. The summed E-state index contributed by atoms with van der Waals surface area (Å²) in [6.45, 7) is 3.84. The molecule has 16 heteroatoms. The Hall–Kier alpha value is -3.15. The normalized spacial score (nSPS) is 15.5. The minimum Gasteiger partial charge on any atom is -0.423 e. The molecule has 2 aromatic rings. The van der Waals surface area contributed by atoms with Gasteiger partial charge in [0.2, 0.25) is 17.7 Å². The highest BCUT2D eigenvalue weighted by Crippen LogP contribution is 2.32. The number of rotatable bonds is 13. The zero-order valence-electron chi connectivity index (χ0n) is 23.7. The summed E-state index contributed by atoms with van der Waals surface area (Å²) in [4.78, 5) is 38.9. The smallest absolute Gasteiger partial charge is 0.423 e. The van der Waals surface area contributed by atoms with Crippen LogP contribution < -0.4 is 38.6 Å². The van der Waals surface area contributed by atoms with Crippen molar-refractivity contribution in [2.45, 2.75) is 61.5 Å². The Bertz CT molecular complexity index is 1300. The second-order valence-corrected chi connectivity index (χ2v) is 11.6. The van der Waals surface area contributed by atoms with Crippen molar-refractivity contribution in [2.75, 3.05) is 24.2 Å². The minimum absolute atomic E-state index is 0.0256. The lowest BCUT2D eigenvalue weighted by Crippen LogP contribution is -2.51. The van der Waals surface area contributed by atoms with E-state index in [0.717, 1.165) is 23.9 Å². The number of benzene rings is 2. The summed E-state index contributed by atoms with van der Waals surface area (Å²) in [6, 6.07) is 6.57. The van der Waals surface area contributed by atoms with Crippen molar-refractivity contribution in [1.29, 1.82) is 0 Å². The Balaban J connectivity index is 1.71. The maximum absolute atomic E-state index is 13.4. The first-order chi connectivity index (χ1) is 20.1. The Morgan fingerprint density at radius 1 is 1.05 bits per heavy atom. The van der Waals surface area contributed by atoms with Gasteiger partial charge >= 0.3 is 13.3 Å². The first-order valence-corrected chi connectivity index (χ1v) is 14.5. The van der Waals surface area contributed by atoms with Crippen molar-refractivity contribution < 1.29 is 37.2 Å². The van der Waals surface area contributed by atoms with Crippen molar-refractivity contribution >= 4 is 47.8 Å². The van der Waals surface area contributed by atoms with E-state index in [2.05, 4.69) is 16.0 Å². The van der Waals surface area contributed by atoms with E-state index in [1.165, 1.54) is 12.1 Å². The third-order valence-corrected chi connectivity index (χ3v) is 7.93. The van der Waals surface area contributed by atoms with Crippen molar-refractivity contribution in [3.8, 4) is 0 Å². The number of halogens is 3. The largest absolute Gasteiger partial charge is 0.492 e. The van der Waals surface area contributed by atoms with E-state index in [9.17, 15) is 32.6 Å². The number of carbonyl (C=O) groups excluding carboxylic acids is 3. The van der Waals surface area contributed by atoms with Crippen molar-refractivity contribution in [3.05, 3.63) is 53.6 Å². The molecule has 1 heterocycles. The van der Waals surface area contributed by atoms with Gasteiger partial charge < -0.3 is 42.8 Å². The van der Waals surface area contributed by atoms with E-state index in [1.54, 1.807) is 32.0 Å². The molecule has 1 aliphatic heterocycles. The zero-order valence-corrected chi connectivity index (χ0v) is 24.6. The van der Waals surface area contributed by atoms with Crippen LogP contribution in [-0.4, -0.2) is 66.8 Å². The highest BCUT2D eigenvalue weighted by atomic mass is 32.2. The van der Waals surface area contributed by atoms with Crippen LogP contribution in [0.3, 0.4) is 0 Å². The standard InChI is InChI=1S/C27H36BF3N6O5S/c1-26(2)19-11-16(5-8-20(19)28(41)42-26)36-25(40)22(14-43-18-6-3-15(4-7-18)27(29,30)31)37-24(39)21(34)9-10-23(38)35-17(12-32)13-33/h3-8,11,17,21-22,41H,9-10,12-14,32-34H2,1-2H3,(H,35,38)(H,36,40)(H,37,39)/t21?,22-/m1/s1. The highest BCUT2D eigenvalue weighted by molar-refractivity contribution is 7.99. The molecule has 1 unspecified atom stereocenters. The third kappa shape index (κ3) is 9.42. The number of hydrogen-bond acceptors (Lipinski definition) is 9. The third-order valence-electron chi connectivity index (χ3n) is 6.83. The van der Waals surface area contributed by atoms with E-state index in [4.69, 9.17) is 21.9 Å². The SMILES string of the molecule is CC1(C)OB(O)c2ccc(NC(=O)[C@@H](CSc3ccc(C(F)(F)F)cc3)NC(=O)C(N)CCC(=O)NC(CN)CN)cc21. The molecule has 0 bridgehead atoms. The predicted octanol–water partition coefficient (Wildman–Crippen LogP) is 0.384. The van der Waals surface area contributed by atoms with Crippen molar-refractivity contribution in [1.82, 2.24) is 10.6 Å². The molecule has 11 nitrogen and oxygen atoms in total. The van der Waals surface area contributed by atoms with Gasteiger partial charge in [0.05, 0.1) is 23.2 Å². The monoisotopic (exact) mass is 624 g/mol. The zero-order chi connectivity index (χ0) is 31.9. The Morgan fingerprint density at radius 2 is 1.70 bits per heavy atom. The predicted molar refractivity (Wildman–Crippen MR) is 158 cm³/mol. The number of anilines is 1. The lowest BCUT2D eigenvalue weighted by Gasteiger charge is -2.22. The van der Waals surface area contributed by atoms with Gasteiger partial charge in [-0.3, -0.25) is 14.4 Å². The average molecular weight is 624 g/mol. The number of nitrogens with one attached hydrogen (secondary N) is 3. The Labute approximate surface area is 252 Å². The van der Waals surface area contributed by atoms with Gasteiger partial charge in [-0.1, -0.05) is 6.07 Å². The second-order valence-electron chi connectivity index (χ2n) is 10.5. The van der Waals surface area contributed by atoms with Gasteiger partial charge in [0, 0.05) is 35.8 Å². The van der Waals surface area contributed by atoms with Crippen molar-refractivity contribution in [2.24, 2.45) is 17.2 Å². The van der Waals surface area contributed by atoms with E-state index < -0.39 is 54.4 Å². The lowest BCUT2D eigenvalue weighted by atomic mass is 9.78. The molecule has 0 aliphatic carbocycles. The summed E-state index contributed by atoms with van der Waals surface area (Å²) in [5.74, 6) is -1.72. The average Bonchev–Trinajstić information content (AvgIpc) is 3.18. The molecule has 0 fully saturated rings. The molecule has 2 aromatic carbocycles. The van der Waals surface area contributed by atoms with E-state index in [1.807, 2.05) is 0 Å². The molecule has 234 valence electrons. The molecule has 10 N–H and O–H groups in total. The van der Waals surface area contributed by atoms with Gasteiger partial charge in [0.15, 0.2) is 0 Å². The van der Waals surface area contributed by atoms with Crippen LogP contribution in [0.1, 0.15) is 37.8 Å². The first kappa shape index (κ1) is 34.3. The van der Waals surface area contributed by atoms with Crippen molar-refractivity contribution in [3.63, 3.8) is 0 Å². The molecule has 1 aliphatic rings. The number of fused-ring (bicyclic) bond motifs is 1. The number of carbonyl (C=O) groups is 3. The van der Waals surface area contributed by atoms with E-state index in [-0.39, 0.29) is 37.6 Å². The fourth-order valence-corrected chi connectivity index (χ4v) is 5.24. The Morgan fingerprint density at radius 3 is 2.30 bits per heavy atom. The van der Waals surface area contributed by atoms with E-state index in [0.29, 0.717) is 21.6 Å². The molecule has 43 heavy (non-hydrogen) atoms. The summed E-state index contributed by atoms with van der Waals surface area (Å²) in [5, 5.41) is 18.1. The molecule has 3 amide bonds. The fraction of sp³-hybridized carbons (Fsp3) is 0.444. The molecular weight excluding hydrogens is 588 g/mol. The molecule has 2 atom stereocenters. The van der Waals surface area contributed by atoms with Gasteiger partial charge in [0.1, 0.15) is 6.04 Å². The van der Waals surface area contributed by atoms with Gasteiger partial charge in [-0.15, -0.1) is 11.8 Å². The van der Waals surface area contributed by atoms with Crippen LogP contribution in [0.5, 0.6) is 0 Å². The van der Waals surface area contributed by atoms with Gasteiger partial charge in [-0.25, -0.2) is 0 Å². The number of amides is 3. The van der Waals surface area contributed by atoms with Gasteiger partial charge in [-0.05, 0) is 67.7 Å². The van der Waals surface area contributed by atoms with Crippen LogP contribution in [0, 0.1) is 0 Å². The highest BCUT2D eigenvalue weighted by Gasteiger charge is 2.40. The summed E-state index contributed by atoms with van der Waals surface area (Å²) in [6.07, 6.45) is -4.60. The summed E-state index contributed by atoms with van der Waals surface area (Å²) in [5.41, 5.74) is 17.0. The van der Waals surface area contributed by atoms with Crippen LogP contribution >= 0.6 is 11.8 Å². The van der Waals surface area contributed by atoms with Gasteiger partial charge in [-0.2, -0.15) is 13.2 Å². The Kier molecular flexibility index (Phi) is 11.6. The van der Waals surface area contributed by atoms with Crippen LogP contribution in [-0.2, 0) is 30.8 Å². The fourth-order valence-electron chi connectivity index (χ4n) is 4.32. The molecule has 0 aromatic heterocycles. The summed E-state index contributed by atoms with van der Waals surface area (Å²) >= 11 is 1.07. The second kappa shape index (κ2) is 14.6. The van der Waals surface area contributed by atoms with Crippen LogP contribution in [0.4, 0.5) is 18.9 Å². The summed E-state index contributed by atoms with van der Waals surface area (Å²) in [7, 11) is -1.11. The molecule has 0 radical (unpaired) electrons. The first-order valence-electron chi connectivity index (χ1n) is 13.5. The lowest BCUT2D eigenvalue weighted by molar-refractivity contribution is -0.137. The topological polar surface area (TPSA) is 195 Å². The van der Waals surface area contributed by atoms with Crippen LogP contribution in [0.2, 0.25) is 0 Å². The minimum atomic E-state index is -4.49. The number of thioether (sulfide) groups is 1. The van der Waals surface area contributed by atoms with Crippen LogP contribution in [0.25, 0.3) is 0 Å². The number of hydrogen-bond donors (Lipinski definition) is 7. The summed E-state index contributed by atoms with van der Waals surface area (Å²) < 4.78 is 44.4.